The monoisotopic (exact) mass is 444 g/mol. The highest BCUT2D eigenvalue weighted by molar-refractivity contribution is 7.92. The minimum absolute atomic E-state index is 0.190. The van der Waals surface area contributed by atoms with Crippen LogP contribution in [0.25, 0.3) is 0 Å². The molecule has 0 spiro atoms. The zero-order valence-corrected chi connectivity index (χ0v) is 18.1. The van der Waals surface area contributed by atoms with Gasteiger partial charge in [-0.3, -0.25) is 9.10 Å². The number of amides is 1. The van der Waals surface area contributed by atoms with Gasteiger partial charge in [-0.15, -0.1) is 0 Å². The molecule has 1 N–H and O–H groups in total. The van der Waals surface area contributed by atoms with Crippen LogP contribution in [0.3, 0.4) is 0 Å². The lowest BCUT2D eigenvalue weighted by atomic mass is 10.1. The number of methoxy groups -OCH3 is 1. The number of rotatable bonds is 8. The van der Waals surface area contributed by atoms with E-state index in [1.54, 1.807) is 37.3 Å². The summed E-state index contributed by atoms with van der Waals surface area (Å²) in [5.41, 5.74) is 1.03. The van der Waals surface area contributed by atoms with E-state index in [4.69, 9.17) is 27.9 Å². The van der Waals surface area contributed by atoms with Crippen molar-refractivity contribution in [2.75, 3.05) is 17.7 Å². The van der Waals surface area contributed by atoms with Gasteiger partial charge in [0.15, 0.2) is 0 Å². The van der Waals surface area contributed by atoms with Crippen molar-refractivity contribution in [2.24, 2.45) is 0 Å². The summed E-state index contributed by atoms with van der Waals surface area (Å²) in [6.07, 6.45) is 1.32. The Kier molecular flexibility index (Phi) is 7.57. The van der Waals surface area contributed by atoms with Crippen molar-refractivity contribution in [1.82, 2.24) is 5.32 Å². The molecule has 1 amide bonds. The lowest BCUT2D eigenvalue weighted by Gasteiger charge is -2.30. The van der Waals surface area contributed by atoms with Crippen LogP contribution in [-0.4, -0.2) is 33.7 Å². The van der Waals surface area contributed by atoms with Crippen LogP contribution in [0.15, 0.2) is 42.5 Å². The van der Waals surface area contributed by atoms with Crippen LogP contribution < -0.4 is 14.4 Å². The third kappa shape index (κ3) is 5.31. The molecule has 2 aromatic carbocycles. The summed E-state index contributed by atoms with van der Waals surface area (Å²) in [7, 11) is -2.29. The fourth-order valence-electron chi connectivity index (χ4n) is 2.79. The fraction of sp³-hybridized carbons (Fsp3) is 0.316. The van der Waals surface area contributed by atoms with Crippen LogP contribution in [-0.2, 0) is 21.4 Å². The minimum Gasteiger partial charge on any atom is -0.495 e. The molecule has 0 saturated heterocycles. The van der Waals surface area contributed by atoms with Crippen molar-refractivity contribution < 1.29 is 17.9 Å². The second-order valence-corrected chi connectivity index (χ2v) is 8.78. The van der Waals surface area contributed by atoms with Crippen molar-refractivity contribution in [3.05, 3.63) is 58.1 Å². The normalized spacial score (nSPS) is 12.3. The van der Waals surface area contributed by atoms with E-state index in [2.05, 4.69) is 5.32 Å². The Bertz CT molecular complexity index is 951. The van der Waals surface area contributed by atoms with E-state index in [9.17, 15) is 13.2 Å². The summed E-state index contributed by atoms with van der Waals surface area (Å²) in [6, 6.07) is 10.8. The SMILES string of the molecule is CC[C@@H](C(=O)NCc1ccccc1Cl)N(c1ccc(OC)c(Cl)c1)S(C)(=O)=O. The predicted octanol–water partition coefficient (Wildman–Crippen LogP) is 3.86. The molecule has 0 saturated carbocycles. The molecular formula is C19H22Cl2N2O4S. The molecule has 28 heavy (non-hydrogen) atoms. The number of carbonyl (C=O) groups is 1. The van der Waals surface area contributed by atoms with E-state index in [-0.39, 0.29) is 23.7 Å². The van der Waals surface area contributed by atoms with Crippen molar-refractivity contribution in [1.29, 1.82) is 0 Å². The molecule has 0 heterocycles. The Labute approximate surface area is 175 Å². The quantitative estimate of drug-likeness (QED) is 0.670. The number of halogens is 2. The molecule has 0 radical (unpaired) electrons. The molecule has 0 aliphatic heterocycles. The van der Waals surface area contributed by atoms with Gasteiger partial charge in [0.2, 0.25) is 15.9 Å². The van der Waals surface area contributed by atoms with Crippen LogP contribution in [0.2, 0.25) is 10.0 Å². The first kappa shape index (κ1) is 22.3. The van der Waals surface area contributed by atoms with Crippen molar-refractivity contribution in [2.45, 2.75) is 25.9 Å². The van der Waals surface area contributed by atoms with Crippen LogP contribution in [0.1, 0.15) is 18.9 Å². The van der Waals surface area contributed by atoms with E-state index in [0.717, 1.165) is 16.1 Å². The second-order valence-electron chi connectivity index (χ2n) is 6.11. The lowest BCUT2D eigenvalue weighted by Crippen LogP contribution is -2.49. The average molecular weight is 445 g/mol. The molecule has 0 aromatic heterocycles. The number of hydrogen-bond donors (Lipinski definition) is 1. The van der Waals surface area contributed by atoms with Gasteiger partial charge in [-0.05, 0) is 36.2 Å². The molecule has 0 aliphatic rings. The summed E-state index contributed by atoms with van der Waals surface area (Å²) < 4.78 is 31.1. The Morgan fingerprint density at radius 3 is 2.39 bits per heavy atom. The smallest absolute Gasteiger partial charge is 0.244 e. The van der Waals surface area contributed by atoms with Crippen molar-refractivity contribution >= 4 is 44.8 Å². The van der Waals surface area contributed by atoms with Gasteiger partial charge in [-0.25, -0.2) is 8.42 Å². The molecule has 1 atom stereocenters. The third-order valence-electron chi connectivity index (χ3n) is 4.13. The van der Waals surface area contributed by atoms with Crippen LogP contribution >= 0.6 is 23.2 Å². The van der Waals surface area contributed by atoms with Gasteiger partial charge in [0, 0.05) is 11.6 Å². The number of hydrogen-bond acceptors (Lipinski definition) is 4. The zero-order chi connectivity index (χ0) is 20.9. The van der Waals surface area contributed by atoms with E-state index >= 15 is 0 Å². The third-order valence-corrected chi connectivity index (χ3v) is 5.97. The Morgan fingerprint density at radius 2 is 1.86 bits per heavy atom. The minimum atomic E-state index is -3.75. The average Bonchev–Trinajstić information content (AvgIpc) is 2.64. The summed E-state index contributed by atoms with van der Waals surface area (Å²) in [6.45, 7) is 1.93. The van der Waals surface area contributed by atoms with Gasteiger partial charge < -0.3 is 10.1 Å². The van der Waals surface area contributed by atoms with Crippen molar-refractivity contribution in [3.63, 3.8) is 0 Å². The van der Waals surface area contributed by atoms with E-state index in [0.29, 0.717) is 10.8 Å². The first-order valence-electron chi connectivity index (χ1n) is 8.53. The number of carbonyl (C=O) groups excluding carboxylic acids is 1. The summed E-state index contributed by atoms with van der Waals surface area (Å²) in [5, 5.41) is 3.54. The van der Waals surface area contributed by atoms with Crippen LogP contribution in [0.5, 0.6) is 5.75 Å². The molecular weight excluding hydrogens is 423 g/mol. The Balaban J connectivity index is 2.31. The highest BCUT2D eigenvalue weighted by Gasteiger charge is 2.31. The molecule has 2 aromatic rings. The van der Waals surface area contributed by atoms with E-state index < -0.39 is 22.0 Å². The van der Waals surface area contributed by atoms with Crippen molar-refractivity contribution in [3.8, 4) is 5.75 Å². The highest BCUT2D eigenvalue weighted by Crippen LogP contribution is 2.31. The first-order chi connectivity index (χ1) is 13.2. The Hall–Kier alpha value is -1.96. The summed E-state index contributed by atoms with van der Waals surface area (Å²) >= 11 is 12.3. The van der Waals surface area contributed by atoms with Gasteiger partial charge in [0.05, 0.1) is 24.1 Å². The van der Waals surface area contributed by atoms with E-state index in [1.165, 1.54) is 13.2 Å². The molecule has 152 valence electrons. The molecule has 9 heteroatoms. The number of nitrogens with zero attached hydrogens (tertiary/aromatic N) is 1. The van der Waals surface area contributed by atoms with Gasteiger partial charge in [0.25, 0.3) is 0 Å². The first-order valence-corrected chi connectivity index (χ1v) is 11.1. The van der Waals surface area contributed by atoms with E-state index in [1.807, 2.05) is 6.07 Å². The molecule has 0 bridgehead atoms. The molecule has 0 unspecified atom stereocenters. The van der Waals surface area contributed by atoms with Gasteiger partial charge in [0.1, 0.15) is 11.8 Å². The molecule has 6 nitrogen and oxygen atoms in total. The van der Waals surface area contributed by atoms with Gasteiger partial charge >= 0.3 is 0 Å². The van der Waals surface area contributed by atoms with Gasteiger partial charge in [-0.2, -0.15) is 0 Å². The number of anilines is 1. The predicted molar refractivity (Wildman–Crippen MR) is 113 cm³/mol. The molecule has 0 fully saturated rings. The zero-order valence-electron chi connectivity index (χ0n) is 15.8. The summed E-state index contributed by atoms with van der Waals surface area (Å²) in [4.78, 5) is 12.8. The maximum atomic E-state index is 12.8. The number of benzene rings is 2. The topological polar surface area (TPSA) is 75.7 Å². The summed E-state index contributed by atoms with van der Waals surface area (Å²) in [5.74, 6) is -0.0186. The number of ether oxygens (including phenoxy) is 1. The number of sulfonamides is 1. The number of nitrogens with one attached hydrogen (secondary N) is 1. The lowest BCUT2D eigenvalue weighted by molar-refractivity contribution is -0.122. The maximum absolute atomic E-state index is 12.8. The standard InChI is InChI=1S/C19H22Cl2N2O4S/c1-4-17(19(24)22-12-13-7-5-6-8-15(13)20)23(28(3,25)26)14-9-10-18(27-2)16(21)11-14/h5-11,17H,4,12H2,1-3H3,(H,22,24)/t17-/m0/s1. The molecule has 0 aliphatic carbocycles. The Morgan fingerprint density at radius 1 is 1.18 bits per heavy atom. The van der Waals surface area contributed by atoms with Crippen LogP contribution in [0, 0.1) is 0 Å². The second kappa shape index (κ2) is 9.49. The van der Waals surface area contributed by atoms with Crippen LogP contribution in [0.4, 0.5) is 5.69 Å². The molecule has 2 rings (SSSR count). The van der Waals surface area contributed by atoms with Gasteiger partial charge in [-0.1, -0.05) is 48.3 Å². The highest BCUT2D eigenvalue weighted by atomic mass is 35.5. The maximum Gasteiger partial charge on any atom is 0.244 e. The fourth-order valence-corrected chi connectivity index (χ4v) is 4.45. The largest absolute Gasteiger partial charge is 0.495 e.